The number of esters is 2. The molecule has 1 aliphatic heterocycles. The summed E-state index contributed by atoms with van der Waals surface area (Å²) >= 11 is 0. The van der Waals surface area contributed by atoms with Crippen molar-refractivity contribution in [2.75, 3.05) is 0 Å². The molecular weight excluding hydrogens is 384 g/mol. The number of allylic oxidation sites excluding steroid dienone is 3. The molecule has 0 bridgehead atoms. The van der Waals surface area contributed by atoms with Gasteiger partial charge in [-0.3, -0.25) is 9.59 Å². The van der Waals surface area contributed by atoms with Crippen LogP contribution in [0.3, 0.4) is 0 Å². The van der Waals surface area contributed by atoms with E-state index < -0.39 is 12.2 Å². The Kier molecular flexibility index (Phi) is 7.32. The van der Waals surface area contributed by atoms with Gasteiger partial charge in [-0.05, 0) is 42.7 Å². The SMILES string of the molecule is CCC(C)C(=O)O[C@H]1CC(=C=O)C=C2C=C[C@H](C)C(CC[C@@H]3C[C@@H](O)CC(=O)O3)C21. The third kappa shape index (κ3) is 5.11. The number of carbonyl (C=O) groups excluding carboxylic acids is 3. The minimum absolute atomic E-state index is 0.0145. The number of ether oxygens (including phenoxy) is 2. The average Bonchev–Trinajstić information content (AvgIpc) is 2.71. The number of fused-ring (bicyclic) bond motifs is 1. The Hall–Kier alpha value is -2.17. The Labute approximate surface area is 178 Å². The first kappa shape index (κ1) is 22.5. The van der Waals surface area contributed by atoms with Crippen LogP contribution in [0, 0.1) is 23.7 Å². The molecule has 6 nitrogen and oxygen atoms in total. The first-order chi connectivity index (χ1) is 14.3. The molecule has 2 aliphatic carbocycles. The highest BCUT2D eigenvalue weighted by Crippen LogP contribution is 2.45. The lowest BCUT2D eigenvalue weighted by Crippen LogP contribution is -2.41. The van der Waals surface area contributed by atoms with Crippen molar-refractivity contribution in [3.63, 3.8) is 0 Å². The molecule has 0 aromatic carbocycles. The minimum Gasteiger partial charge on any atom is -0.462 e. The molecule has 164 valence electrons. The van der Waals surface area contributed by atoms with E-state index in [2.05, 4.69) is 13.0 Å². The quantitative estimate of drug-likeness (QED) is 0.528. The highest BCUT2D eigenvalue weighted by atomic mass is 16.5. The number of carbonyl (C=O) groups is 2. The van der Waals surface area contributed by atoms with E-state index in [-0.39, 0.29) is 48.1 Å². The first-order valence-electron chi connectivity index (χ1n) is 11.0. The Morgan fingerprint density at radius 3 is 2.80 bits per heavy atom. The second kappa shape index (κ2) is 9.76. The monoisotopic (exact) mass is 416 g/mol. The van der Waals surface area contributed by atoms with Gasteiger partial charge in [-0.15, -0.1) is 0 Å². The normalized spacial score (nSPS) is 34.3. The van der Waals surface area contributed by atoms with Crippen molar-refractivity contribution in [1.82, 2.24) is 0 Å². The molecule has 3 rings (SSSR count). The van der Waals surface area contributed by atoms with Crippen molar-refractivity contribution < 1.29 is 29.0 Å². The van der Waals surface area contributed by atoms with E-state index in [0.717, 1.165) is 12.0 Å². The molecular formula is C24H32O6. The van der Waals surface area contributed by atoms with Crippen LogP contribution < -0.4 is 0 Å². The van der Waals surface area contributed by atoms with Crippen molar-refractivity contribution in [2.24, 2.45) is 23.7 Å². The van der Waals surface area contributed by atoms with Crippen LogP contribution in [0.25, 0.3) is 0 Å². The van der Waals surface area contributed by atoms with Gasteiger partial charge in [0.05, 0.1) is 18.4 Å². The average molecular weight is 417 g/mol. The lowest BCUT2D eigenvalue weighted by molar-refractivity contribution is -0.162. The molecule has 0 aromatic heterocycles. The van der Waals surface area contributed by atoms with E-state index in [1.807, 2.05) is 31.9 Å². The van der Waals surface area contributed by atoms with Crippen LogP contribution in [-0.4, -0.2) is 41.3 Å². The van der Waals surface area contributed by atoms with Gasteiger partial charge in [-0.25, -0.2) is 4.79 Å². The van der Waals surface area contributed by atoms with Crippen molar-refractivity contribution in [3.8, 4) is 0 Å². The summed E-state index contributed by atoms with van der Waals surface area (Å²) in [5.74, 6) is 1.62. The van der Waals surface area contributed by atoms with Gasteiger partial charge in [-0.2, -0.15) is 0 Å². The van der Waals surface area contributed by atoms with Gasteiger partial charge >= 0.3 is 11.9 Å². The Balaban J connectivity index is 1.79. The number of rotatable bonds is 6. The van der Waals surface area contributed by atoms with E-state index in [1.54, 1.807) is 0 Å². The summed E-state index contributed by atoms with van der Waals surface area (Å²) in [5.41, 5.74) is 1.51. The zero-order chi connectivity index (χ0) is 21.8. The molecule has 0 radical (unpaired) electrons. The molecule has 1 fully saturated rings. The van der Waals surface area contributed by atoms with Crippen LogP contribution >= 0.6 is 0 Å². The summed E-state index contributed by atoms with van der Waals surface area (Å²) in [6, 6.07) is 0. The Morgan fingerprint density at radius 1 is 1.37 bits per heavy atom. The second-order valence-corrected chi connectivity index (χ2v) is 8.95. The minimum atomic E-state index is -0.644. The Bertz CT molecular complexity index is 775. The van der Waals surface area contributed by atoms with E-state index >= 15 is 0 Å². The summed E-state index contributed by atoms with van der Waals surface area (Å²) in [5, 5.41) is 9.88. The van der Waals surface area contributed by atoms with Gasteiger partial charge in [0.1, 0.15) is 18.1 Å². The molecule has 30 heavy (non-hydrogen) atoms. The van der Waals surface area contributed by atoms with Gasteiger partial charge in [0.2, 0.25) is 0 Å². The molecule has 1 heterocycles. The van der Waals surface area contributed by atoms with E-state index in [9.17, 15) is 19.5 Å². The van der Waals surface area contributed by atoms with Gasteiger partial charge in [0, 0.05) is 24.3 Å². The maximum Gasteiger partial charge on any atom is 0.308 e. The maximum absolute atomic E-state index is 12.5. The van der Waals surface area contributed by atoms with Crippen LogP contribution in [0.2, 0.25) is 0 Å². The fourth-order valence-corrected chi connectivity index (χ4v) is 4.81. The zero-order valence-corrected chi connectivity index (χ0v) is 18.0. The highest BCUT2D eigenvalue weighted by molar-refractivity contribution is 5.72. The molecule has 7 atom stereocenters. The molecule has 0 amide bonds. The lowest BCUT2D eigenvalue weighted by atomic mass is 9.66. The van der Waals surface area contributed by atoms with Gasteiger partial charge < -0.3 is 14.6 Å². The van der Waals surface area contributed by atoms with Crippen molar-refractivity contribution in [1.29, 1.82) is 0 Å². The molecule has 3 unspecified atom stereocenters. The van der Waals surface area contributed by atoms with Crippen molar-refractivity contribution >= 4 is 17.9 Å². The third-order valence-electron chi connectivity index (χ3n) is 6.75. The van der Waals surface area contributed by atoms with E-state index in [1.165, 1.54) is 0 Å². The molecule has 6 heteroatoms. The third-order valence-corrected chi connectivity index (χ3v) is 6.75. The van der Waals surface area contributed by atoms with Crippen LogP contribution in [0.5, 0.6) is 0 Å². The zero-order valence-electron chi connectivity index (χ0n) is 18.0. The number of cyclic esters (lactones) is 1. The summed E-state index contributed by atoms with van der Waals surface area (Å²) < 4.78 is 11.3. The number of aliphatic hydroxyl groups is 1. The van der Waals surface area contributed by atoms with Gasteiger partial charge in [-0.1, -0.05) is 32.9 Å². The predicted octanol–water partition coefficient (Wildman–Crippen LogP) is 3.32. The molecule has 1 saturated heterocycles. The van der Waals surface area contributed by atoms with E-state index in [0.29, 0.717) is 31.3 Å². The van der Waals surface area contributed by atoms with Crippen LogP contribution in [-0.2, 0) is 23.9 Å². The summed E-state index contributed by atoms with van der Waals surface area (Å²) in [6.07, 6.45) is 7.68. The van der Waals surface area contributed by atoms with Crippen molar-refractivity contribution in [2.45, 2.75) is 77.6 Å². The van der Waals surface area contributed by atoms with Crippen LogP contribution in [0.15, 0.2) is 29.4 Å². The van der Waals surface area contributed by atoms with Crippen LogP contribution in [0.4, 0.5) is 0 Å². The molecule has 3 aliphatic rings. The number of aliphatic hydroxyl groups excluding tert-OH is 1. The smallest absolute Gasteiger partial charge is 0.308 e. The summed E-state index contributed by atoms with van der Waals surface area (Å²) in [6.45, 7) is 5.93. The predicted molar refractivity (Wildman–Crippen MR) is 111 cm³/mol. The topological polar surface area (TPSA) is 89.9 Å². The second-order valence-electron chi connectivity index (χ2n) is 8.95. The van der Waals surface area contributed by atoms with E-state index in [4.69, 9.17) is 9.47 Å². The first-order valence-corrected chi connectivity index (χ1v) is 11.0. The van der Waals surface area contributed by atoms with Gasteiger partial charge in [0.25, 0.3) is 0 Å². The largest absolute Gasteiger partial charge is 0.462 e. The highest BCUT2D eigenvalue weighted by Gasteiger charge is 2.42. The standard InChI is InChI=1S/C24H32O6/c1-4-14(2)24(28)30-21-10-16(13-25)9-17-6-5-15(3)20(23(17)21)8-7-19-11-18(26)12-22(27)29-19/h5-6,9,14-15,18-21,23,26H,4,7-8,10-12H2,1-3H3/t14?,15-,18+,19+,20?,21-,23?/m0/s1. The lowest BCUT2D eigenvalue weighted by Gasteiger charge is -2.42. The maximum atomic E-state index is 12.5. The molecule has 0 spiro atoms. The van der Waals surface area contributed by atoms with Crippen LogP contribution in [0.1, 0.15) is 59.3 Å². The van der Waals surface area contributed by atoms with Gasteiger partial charge in [0.15, 0.2) is 0 Å². The number of hydrogen-bond donors (Lipinski definition) is 1. The molecule has 0 aromatic rings. The summed E-state index contributed by atoms with van der Waals surface area (Å²) in [7, 11) is 0. The number of hydrogen-bond acceptors (Lipinski definition) is 6. The Morgan fingerprint density at radius 2 is 2.13 bits per heavy atom. The summed E-state index contributed by atoms with van der Waals surface area (Å²) in [4.78, 5) is 35.5. The molecule has 0 saturated carbocycles. The van der Waals surface area contributed by atoms with Crippen molar-refractivity contribution in [3.05, 3.63) is 29.4 Å². The molecule has 1 N–H and O–H groups in total. The fourth-order valence-electron chi connectivity index (χ4n) is 4.81. The fraction of sp³-hybridized carbons (Fsp3) is 0.667.